The smallest absolute Gasteiger partial charge is 0.272 e. The summed E-state index contributed by atoms with van der Waals surface area (Å²) in [7, 11) is 0. The minimum atomic E-state index is -0.162. The Morgan fingerprint density at radius 1 is 0.517 bits per heavy atom. The fourth-order valence-electron chi connectivity index (χ4n) is 3.56. The van der Waals surface area contributed by atoms with Crippen LogP contribution < -0.4 is 4.90 Å². The molecular weight excluding hydrogens is 362 g/mol. The van der Waals surface area contributed by atoms with Crippen LogP contribution in [0.1, 0.15) is 20.7 Å². The highest BCUT2D eigenvalue weighted by molar-refractivity contribution is 5.99. The lowest BCUT2D eigenvalue weighted by molar-refractivity contribution is 0.00286. The van der Waals surface area contributed by atoms with Gasteiger partial charge < -0.3 is 4.90 Å². The molecule has 0 saturated carbocycles. The largest absolute Gasteiger partial charge is 0.368 e. The molecule has 5 heteroatoms. The van der Waals surface area contributed by atoms with Gasteiger partial charge in [0.05, 0.1) is 13.1 Å². The predicted octanol–water partition coefficient (Wildman–Crippen LogP) is 3.71. The summed E-state index contributed by atoms with van der Waals surface area (Å²) in [6.07, 6.45) is 0. The number of anilines is 1. The molecule has 0 aromatic heterocycles. The molecule has 1 aliphatic rings. The van der Waals surface area contributed by atoms with Gasteiger partial charge >= 0.3 is 0 Å². The van der Waals surface area contributed by atoms with Crippen molar-refractivity contribution in [3.63, 3.8) is 0 Å². The first-order chi connectivity index (χ1) is 14.2. The summed E-state index contributed by atoms with van der Waals surface area (Å²) >= 11 is 0. The summed E-state index contributed by atoms with van der Waals surface area (Å²) in [5, 5.41) is 3.18. The molecule has 0 spiro atoms. The molecule has 3 aromatic carbocycles. The molecule has 0 N–H and O–H groups in total. The molecule has 1 saturated heterocycles. The van der Waals surface area contributed by atoms with Gasteiger partial charge in [-0.3, -0.25) is 9.59 Å². The van der Waals surface area contributed by atoms with Gasteiger partial charge in [-0.1, -0.05) is 54.6 Å². The normalized spacial score (nSPS) is 14.4. The minimum absolute atomic E-state index is 0.162. The van der Waals surface area contributed by atoms with Crippen LogP contribution in [0.3, 0.4) is 0 Å². The van der Waals surface area contributed by atoms with Crippen LogP contribution >= 0.6 is 0 Å². The molecule has 4 rings (SSSR count). The Morgan fingerprint density at radius 3 is 1.31 bits per heavy atom. The minimum Gasteiger partial charge on any atom is -0.368 e. The SMILES string of the molecule is O=C(c1ccccc1)N1CCN(c2ccccc2)CCN1C(=O)c1ccccc1. The third-order valence-electron chi connectivity index (χ3n) is 5.09. The Labute approximate surface area is 170 Å². The average Bonchev–Trinajstić information content (AvgIpc) is 3.03. The molecule has 29 heavy (non-hydrogen) atoms. The van der Waals surface area contributed by atoms with Crippen LogP contribution in [-0.2, 0) is 0 Å². The standard InChI is InChI=1S/C24H23N3O2/c28-23(20-10-4-1-5-11-20)26-18-16-25(22-14-8-3-9-15-22)17-19-27(26)24(29)21-12-6-2-7-13-21/h1-15H,16-19H2. The monoisotopic (exact) mass is 385 g/mol. The zero-order chi connectivity index (χ0) is 20.1. The van der Waals surface area contributed by atoms with Gasteiger partial charge in [0.2, 0.25) is 0 Å². The summed E-state index contributed by atoms with van der Waals surface area (Å²) in [6, 6.07) is 28.3. The summed E-state index contributed by atoms with van der Waals surface area (Å²) in [4.78, 5) is 28.7. The van der Waals surface area contributed by atoms with Crippen molar-refractivity contribution >= 4 is 17.5 Å². The first kappa shape index (κ1) is 18.7. The van der Waals surface area contributed by atoms with Crippen LogP contribution in [0.15, 0.2) is 91.0 Å². The maximum atomic E-state index is 13.3. The lowest BCUT2D eigenvalue weighted by Gasteiger charge is -2.32. The second-order valence-corrected chi connectivity index (χ2v) is 6.91. The first-order valence-corrected chi connectivity index (χ1v) is 9.78. The Morgan fingerprint density at radius 2 is 0.897 bits per heavy atom. The maximum Gasteiger partial charge on any atom is 0.272 e. The second-order valence-electron chi connectivity index (χ2n) is 6.91. The molecule has 1 fully saturated rings. The van der Waals surface area contributed by atoms with E-state index in [0.29, 0.717) is 37.3 Å². The molecule has 5 nitrogen and oxygen atoms in total. The van der Waals surface area contributed by atoms with Crippen molar-refractivity contribution in [1.82, 2.24) is 10.0 Å². The van der Waals surface area contributed by atoms with Gasteiger partial charge in [0.25, 0.3) is 11.8 Å². The van der Waals surface area contributed by atoms with Gasteiger partial charge in [-0.05, 0) is 36.4 Å². The van der Waals surface area contributed by atoms with Crippen molar-refractivity contribution in [2.24, 2.45) is 0 Å². The molecule has 0 aliphatic carbocycles. The molecule has 0 unspecified atom stereocenters. The molecular formula is C24H23N3O2. The molecule has 1 aliphatic heterocycles. The van der Waals surface area contributed by atoms with Crippen LogP contribution in [0.5, 0.6) is 0 Å². The highest BCUT2D eigenvalue weighted by atomic mass is 16.2. The van der Waals surface area contributed by atoms with E-state index in [1.165, 1.54) is 0 Å². The van der Waals surface area contributed by atoms with Crippen molar-refractivity contribution < 1.29 is 9.59 Å². The van der Waals surface area contributed by atoms with E-state index in [0.717, 1.165) is 5.69 Å². The van der Waals surface area contributed by atoms with E-state index >= 15 is 0 Å². The van der Waals surface area contributed by atoms with Crippen LogP contribution in [-0.4, -0.2) is 48.0 Å². The number of hydrogen-bond acceptors (Lipinski definition) is 3. The molecule has 146 valence electrons. The van der Waals surface area contributed by atoms with Crippen molar-refractivity contribution in [2.75, 3.05) is 31.1 Å². The number of carbonyl (C=O) groups is 2. The molecule has 0 radical (unpaired) electrons. The Balaban J connectivity index is 1.64. The van der Waals surface area contributed by atoms with Crippen LogP contribution in [0.25, 0.3) is 0 Å². The number of hydrogen-bond donors (Lipinski definition) is 0. The number of hydrazine groups is 1. The van der Waals surface area contributed by atoms with E-state index in [1.807, 2.05) is 54.6 Å². The number of benzene rings is 3. The van der Waals surface area contributed by atoms with Crippen LogP contribution in [0.2, 0.25) is 0 Å². The topological polar surface area (TPSA) is 43.9 Å². The van der Waals surface area contributed by atoms with Crippen molar-refractivity contribution in [3.8, 4) is 0 Å². The molecule has 1 heterocycles. The maximum absolute atomic E-state index is 13.3. The van der Waals surface area contributed by atoms with Gasteiger partial charge in [0.15, 0.2) is 0 Å². The van der Waals surface area contributed by atoms with Crippen molar-refractivity contribution in [2.45, 2.75) is 0 Å². The van der Waals surface area contributed by atoms with Gasteiger partial charge in [-0.15, -0.1) is 0 Å². The van der Waals surface area contributed by atoms with E-state index in [9.17, 15) is 9.59 Å². The first-order valence-electron chi connectivity index (χ1n) is 9.78. The van der Waals surface area contributed by atoms with Crippen LogP contribution in [0, 0.1) is 0 Å². The van der Waals surface area contributed by atoms with E-state index in [4.69, 9.17) is 0 Å². The van der Waals surface area contributed by atoms with Gasteiger partial charge in [0, 0.05) is 29.9 Å². The average molecular weight is 385 g/mol. The van der Waals surface area contributed by atoms with Crippen molar-refractivity contribution in [3.05, 3.63) is 102 Å². The van der Waals surface area contributed by atoms with Crippen LogP contribution in [0.4, 0.5) is 5.69 Å². The fraction of sp³-hybridized carbons (Fsp3) is 0.167. The number of nitrogens with zero attached hydrogens (tertiary/aromatic N) is 3. The summed E-state index contributed by atoms with van der Waals surface area (Å²) < 4.78 is 0. The Bertz CT molecular complexity index is 900. The fourth-order valence-corrected chi connectivity index (χ4v) is 3.56. The van der Waals surface area contributed by atoms with E-state index in [1.54, 1.807) is 34.3 Å². The third-order valence-corrected chi connectivity index (χ3v) is 5.09. The zero-order valence-corrected chi connectivity index (χ0v) is 16.1. The van der Waals surface area contributed by atoms with Crippen molar-refractivity contribution in [1.29, 1.82) is 0 Å². The van der Waals surface area contributed by atoms with E-state index in [-0.39, 0.29) is 11.8 Å². The van der Waals surface area contributed by atoms with Gasteiger partial charge in [-0.2, -0.15) is 0 Å². The van der Waals surface area contributed by atoms with E-state index in [2.05, 4.69) is 17.0 Å². The summed E-state index contributed by atoms with van der Waals surface area (Å²) in [5.74, 6) is -0.324. The molecule has 0 atom stereocenters. The Kier molecular flexibility index (Phi) is 5.56. The lowest BCUT2D eigenvalue weighted by atomic mass is 10.2. The number of para-hydroxylation sites is 1. The predicted molar refractivity (Wildman–Crippen MR) is 114 cm³/mol. The highest BCUT2D eigenvalue weighted by Gasteiger charge is 2.31. The number of carbonyl (C=O) groups excluding carboxylic acids is 2. The summed E-state index contributed by atoms with van der Waals surface area (Å²) in [6.45, 7) is 2.17. The highest BCUT2D eigenvalue weighted by Crippen LogP contribution is 2.19. The van der Waals surface area contributed by atoms with Gasteiger partial charge in [0.1, 0.15) is 0 Å². The van der Waals surface area contributed by atoms with Gasteiger partial charge in [-0.25, -0.2) is 10.0 Å². The molecule has 0 bridgehead atoms. The second kappa shape index (κ2) is 8.61. The molecule has 2 amide bonds. The Hall–Kier alpha value is -3.60. The molecule has 3 aromatic rings. The van der Waals surface area contributed by atoms with E-state index < -0.39 is 0 Å². The zero-order valence-electron chi connectivity index (χ0n) is 16.1. The number of amides is 2. The quantitative estimate of drug-likeness (QED) is 0.690. The summed E-state index contributed by atoms with van der Waals surface area (Å²) in [5.41, 5.74) is 2.24. The lowest BCUT2D eigenvalue weighted by Crippen LogP contribution is -2.50. The number of rotatable bonds is 3. The third kappa shape index (κ3) is 4.14.